The zero-order chi connectivity index (χ0) is 20.9. The lowest BCUT2D eigenvalue weighted by Gasteiger charge is -2.16. The van der Waals surface area contributed by atoms with Crippen LogP contribution >= 0.6 is 0 Å². The highest BCUT2D eigenvalue weighted by Crippen LogP contribution is 2.21. The number of aromatic nitrogens is 3. The minimum Gasteiger partial charge on any atom is -0.357 e. The highest BCUT2D eigenvalue weighted by atomic mass is 16.5. The Bertz CT molecular complexity index is 974. The number of pyridine rings is 1. The van der Waals surface area contributed by atoms with Crippen molar-refractivity contribution in [3.05, 3.63) is 54.0 Å². The lowest BCUT2D eigenvalue weighted by molar-refractivity contribution is -0.116. The van der Waals surface area contributed by atoms with E-state index in [9.17, 15) is 4.79 Å². The smallest absolute Gasteiger partial charge is 0.227 e. The van der Waals surface area contributed by atoms with Gasteiger partial charge in [0, 0.05) is 31.5 Å². The number of nitrogens with zero attached hydrogens (tertiary/aromatic N) is 4. The fourth-order valence-electron chi connectivity index (χ4n) is 3.53. The summed E-state index contributed by atoms with van der Waals surface area (Å²) in [7, 11) is 0. The van der Waals surface area contributed by atoms with E-state index in [1.807, 2.05) is 24.3 Å². The predicted molar refractivity (Wildman–Crippen MR) is 116 cm³/mol. The monoisotopic (exact) mass is 405 g/mol. The second-order valence-electron chi connectivity index (χ2n) is 7.94. The van der Waals surface area contributed by atoms with Gasteiger partial charge in [-0.1, -0.05) is 43.3 Å². The molecule has 30 heavy (non-hydrogen) atoms. The van der Waals surface area contributed by atoms with Gasteiger partial charge in [-0.2, -0.15) is 4.98 Å². The van der Waals surface area contributed by atoms with Crippen molar-refractivity contribution >= 4 is 17.4 Å². The Balaban J connectivity index is 1.29. The molecule has 1 aliphatic rings. The van der Waals surface area contributed by atoms with E-state index in [2.05, 4.69) is 51.3 Å². The van der Waals surface area contributed by atoms with Crippen LogP contribution in [0.3, 0.4) is 0 Å². The van der Waals surface area contributed by atoms with E-state index in [1.54, 1.807) is 6.20 Å². The summed E-state index contributed by atoms with van der Waals surface area (Å²) in [6.45, 7) is 6.41. The lowest BCUT2D eigenvalue weighted by Crippen LogP contribution is -2.19. The molecule has 1 aliphatic heterocycles. The van der Waals surface area contributed by atoms with Gasteiger partial charge < -0.3 is 14.7 Å². The van der Waals surface area contributed by atoms with Crippen molar-refractivity contribution in [3.8, 4) is 11.4 Å². The molecule has 0 atom stereocenters. The number of amides is 1. The fraction of sp³-hybridized carbons (Fsp3) is 0.391. The Labute approximate surface area is 176 Å². The molecule has 3 aromatic rings. The van der Waals surface area contributed by atoms with Gasteiger partial charge in [-0.25, -0.2) is 4.98 Å². The molecule has 0 unspecified atom stereocenters. The second-order valence-corrected chi connectivity index (χ2v) is 7.94. The SMILES string of the molecule is CC(C)c1ccc(-c2noc(CCC(=O)Nc3ccc(N4CCCC4)nc3)n2)cc1. The number of hydrogen-bond donors (Lipinski definition) is 1. The van der Waals surface area contributed by atoms with Gasteiger partial charge in [-0.3, -0.25) is 4.79 Å². The maximum absolute atomic E-state index is 12.3. The summed E-state index contributed by atoms with van der Waals surface area (Å²) in [5.41, 5.74) is 2.87. The number of aryl methyl sites for hydroxylation is 1. The summed E-state index contributed by atoms with van der Waals surface area (Å²) in [6.07, 6.45) is 4.78. The Kier molecular flexibility index (Phi) is 6.07. The van der Waals surface area contributed by atoms with Crippen molar-refractivity contribution in [2.75, 3.05) is 23.3 Å². The molecule has 3 heterocycles. The lowest BCUT2D eigenvalue weighted by atomic mass is 10.0. The number of carbonyl (C=O) groups excluding carboxylic acids is 1. The van der Waals surface area contributed by atoms with Gasteiger partial charge in [0.25, 0.3) is 0 Å². The number of hydrogen-bond acceptors (Lipinski definition) is 6. The zero-order valence-corrected chi connectivity index (χ0v) is 17.5. The molecule has 0 radical (unpaired) electrons. The van der Waals surface area contributed by atoms with Crippen LogP contribution in [0.25, 0.3) is 11.4 Å². The largest absolute Gasteiger partial charge is 0.357 e. The average molecular weight is 406 g/mol. The van der Waals surface area contributed by atoms with Crippen molar-refractivity contribution in [2.45, 2.75) is 45.4 Å². The summed E-state index contributed by atoms with van der Waals surface area (Å²) in [4.78, 5) is 23.4. The van der Waals surface area contributed by atoms with Gasteiger partial charge >= 0.3 is 0 Å². The van der Waals surface area contributed by atoms with Gasteiger partial charge in [-0.15, -0.1) is 0 Å². The first kappa shape index (κ1) is 20.1. The molecule has 7 nitrogen and oxygen atoms in total. The first-order chi connectivity index (χ1) is 14.6. The summed E-state index contributed by atoms with van der Waals surface area (Å²) < 4.78 is 5.31. The van der Waals surface area contributed by atoms with E-state index >= 15 is 0 Å². The average Bonchev–Trinajstić information content (AvgIpc) is 3.45. The van der Waals surface area contributed by atoms with Crippen LogP contribution in [0.1, 0.15) is 50.5 Å². The zero-order valence-electron chi connectivity index (χ0n) is 17.5. The third-order valence-corrected chi connectivity index (χ3v) is 5.33. The Morgan fingerprint density at radius 1 is 1.13 bits per heavy atom. The summed E-state index contributed by atoms with van der Waals surface area (Å²) in [5, 5.41) is 6.91. The van der Waals surface area contributed by atoms with E-state index < -0.39 is 0 Å². The third kappa shape index (κ3) is 4.84. The topological polar surface area (TPSA) is 84.2 Å². The highest BCUT2D eigenvalue weighted by molar-refractivity contribution is 5.90. The summed E-state index contributed by atoms with van der Waals surface area (Å²) in [6, 6.07) is 12.0. The summed E-state index contributed by atoms with van der Waals surface area (Å²) >= 11 is 0. The molecule has 0 bridgehead atoms. The molecule has 4 rings (SSSR count). The maximum atomic E-state index is 12.3. The molecular weight excluding hydrogens is 378 g/mol. The van der Waals surface area contributed by atoms with Crippen LogP contribution in [0.2, 0.25) is 0 Å². The van der Waals surface area contributed by atoms with E-state index in [-0.39, 0.29) is 12.3 Å². The molecule has 0 aliphatic carbocycles. The predicted octanol–water partition coefficient (Wildman–Crippen LogP) is 4.43. The molecule has 0 spiro atoms. The van der Waals surface area contributed by atoms with Gasteiger partial charge in [0.1, 0.15) is 5.82 Å². The molecule has 7 heteroatoms. The van der Waals surface area contributed by atoms with Crippen molar-refractivity contribution < 1.29 is 9.32 Å². The standard InChI is InChI=1S/C23H27N5O2/c1-16(2)17-5-7-18(8-6-17)23-26-22(30-27-23)12-11-21(29)25-19-9-10-20(24-15-19)28-13-3-4-14-28/h5-10,15-16H,3-4,11-14H2,1-2H3,(H,25,29). The first-order valence-corrected chi connectivity index (χ1v) is 10.5. The molecule has 0 saturated carbocycles. The van der Waals surface area contributed by atoms with Crippen molar-refractivity contribution in [1.29, 1.82) is 0 Å². The van der Waals surface area contributed by atoms with E-state index in [4.69, 9.17) is 4.52 Å². The van der Waals surface area contributed by atoms with Crippen molar-refractivity contribution in [2.24, 2.45) is 0 Å². The third-order valence-electron chi connectivity index (χ3n) is 5.33. The van der Waals surface area contributed by atoms with Crippen LogP contribution < -0.4 is 10.2 Å². The molecule has 1 aromatic carbocycles. The van der Waals surface area contributed by atoms with Crippen molar-refractivity contribution in [3.63, 3.8) is 0 Å². The molecule has 1 saturated heterocycles. The van der Waals surface area contributed by atoms with Crippen molar-refractivity contribution in [1.82, 2.24) is 15.1 Å². The van der Waals surface area contributed by atoms with E-state index in [0.29, 0.717) is 29.7 Å². The normalized spacial score (nSPS) is 13.8. The van der Waals surface area contributed by atoms with Gasteiger partial charge in [0.2, 0.25) is 17.6 Å². The summed E-state index contributed by atoms with van der Waals surface area (Å²) in [5.74, 6) is 2.33. The fourth-order valence-corrected chi connectivity index (χ4v) is 3.53. The quantitative estimate of drug-likeness (QED) is 0.626. The van der Waals surface area contributed by atoms with Crippen LogP contribution in [0, 0.1) is 0 Å². The number of anilines is 2. The molecule has 1 N–H and O–H groups in total. The molecule has 1 fully saturated rings. The van der Waals surface area contributed by atoms with Crippen LogP contribution in [-0.4, -0.2) is 34.1 Å². The number of rotatable bonds is 7. The molecule has 156 valence electrons. The maximum Gasteiger partial charge on any atom is 0.227 e. The second kappa shape index (κ2) is 9.07. The minimum absolute atomic E-state index is 0.105. The van der Waals surface area contributed by atoms with Gasteiger partial charge in [-0.05, 0) is 36.5 Å². The Hall–Kier alpha value is -3.22. The molecule has 1 amide bonds. The molecular formula is C23H27N5O2. The number of nitrogens with one attached hydrogen (secondary N) is 1. The van der Waals surface area contributed by atoms with E-state index in [1.165, 1.54) is 18.4 Å². The highest BCUT2D eigenvalue weighted by Gasteiger charge is 2.14. The van der Waals surface area contributed by atoms with E-state index in [0.717, 1.165) is 24.5 Å². The van der Waals surface area contributed by atoms with Gasteiger partial charge in [0.05, 0.1) is 11.9 Å². The Morgan fingerprint density at radius 3 is 2.57 bits per heavy atom. The molecule has 2 aromatic heterocycles. The van der Waals surface area contributed by atoms with Crippen LogP contribution in [0.15, 0.2) is 47.1 Å². The first-order valence-electron chi connectivity index (χ1n) is 10.5. The number of carbonyl (C=O) groups is 1. The van der Waals surface area contributed by atoms with Crippen LogP contribution in [-0.2, 0) is 11.2 Å². The Morgan fingerprint density at radius 2 is 1.90 bits per heavy atom. The number of benzene rings is 1. The van der Waals surface area contributed by atoms with Crippen LogP contribution in [0.4, 0.5) is 11.5 Å². The van der Waals surface area contributed by atoms with Gasteiger partial charge in [0.15, 0.2) is 0 Å². The minimum atomic E-state index is -0.105. The van der Waals surface area contributed by atoms with Crippen LogP contribution in [0.5, 0.6) is 0 Å².